The minimum Gasteiger partial charge on any atom is -0.506 e. The van der Waals surface area contributed by atoms with Crippen LogP contribution in [0.25, 0.3) is 22.3 Å². The van der Waals surface area contributed by atoms with Crippen LogP contribution in [0.15, 0.2) is 27.4 Å². The molecular weight excluding hydrogens is 554 g/mol. The lowest BCUT2D eigenvalue weighted by Gasteiger charge is -2.23. The Bertz CT molecular complexity index is 1050. The summed E-state index contributed by atoms with van der Waals surface area (Å²) in [5, 5.41) is 11.6. The molecule has 1 aromatic rings. The first kappa shape index (κ1) is 19.9. The smallest absolute Gasteiger partial charge is 0.199 e. The van der Waals surface area contributed by atoms with Gasteiger partial charge in [-0.1, -0.05) is 41.5 Å². The number of halogens is 2. The van der Waals surface area contributed by atoms with E-state index in [-0.39, 0.29) is 22.0 Å². The molecule has 3 nitrogen and oxygen atoms in total. The van der Waals surface area contributed by atoms with Crippen molar-refractivity contribution in [2.75, 3.05) is 0 Å². The van der Waals surface area contributed by atoms with E-state index in [2.05, 4.69) is 72.0 Å². The third kappa shape index (κ3) is 3.25. The number of phenolic OH excluding ortho intramolecular Hbond substituents is 1. The van der Waals surface area contributed by atoms with Crippen LogP contribution in [0.3, 0.4) is 0 Å². The average molecular weight is 576 g/mol. The molecule has 1 aromatic carbocycles. The summed E-state index contributed by atoms with van der Waals surface area (Å²) in [7, 11) is 0. The molecule has 0 spiro atoms. The van der Waals surface area contributed by atoms with Gasteiger partial charge in [-0.15, -0.1) is 0 Å². The Morgan fingerprint density at radius 1 is 0.885 bits per heavy atom. The van der Waals surface area contributed by atoms with E-state index < -0.39 is 0 Å². The molecule has 0 atom stereocenters. The summed E-state index contributed by atoms with van der Waals surface area (Å²) in [6.07, 6.45) is 0. The van der Waals surface area contributed by atoms with Gasteiger partial charge >= 0.3 is 0 Å². The Morgan fingerprint density at radius 2 is 1.46 bits per heavy atom. The van der Waals surface area contributed by atoms with E-state index in [4.69, 9.17) is 4.42 Å². The van der Waals surface area contributed by atoms with Gasteiger partial charge in [0.2, 0.25) is 0 Å². The number of fused-ring (bicyclic) bond motifs is 2. The summed E-state index contributed by atoms with van der Waals surface area (Å²) in [5.41, 5.74) is 2.79. The maximum atomic E-state index is 12.8. The minimum atomic E-state index is -0.236. The molecule has 1 aliphatic heterocycles. The van der Waals surface area contributed by atoms with Crippen LogP contribution in [0.5, 0.6) is 5.75 Å². The zero-order valence-corrected chi connectivity index (χ0v) is 20.1. The van der Waals surface area contributed by atoms with E-state index in [0.29, 0.717) is 18.5 Å². The van der Waals surface area contributed by atoms with Crippen LogP contribution in [0.1, 0.15) is 52.7 Å². The number of aromatic hydroxyl groups is 1. The second-order valence-electron chi connectivity index (χ2n) is 8.74. The zero-order valence-electron chi connectivity index (χ0n) is 15.8. The summed E-state index contributed by atoms with van der Waals surface area (Å²) < 4.78 is 7.39. The van der Waals surface area contributed by atoms with Gasteiger partial charge in [0.15, 0.2) is 16.8 Å². The zero-order chi connectivity index (χ0) is 19.6. The van der Waals surface area contributed by atoms with Gasteiger partial charge in [-0.3, -0.25) is 4.79 Å². The molecule has 0 radical (unpaired) electrons. The highest BCUT2D eigenvalue weighted by atomic mass is 127. The van der Waals surface area contributed by atoms with Crippen LogP contribution in [0, 0.1) is 7.14 Å². The SMILES string of the molecule is CC(C)(C)c1cc2cc3cc(C(C)(C)C)c(=O)c(I)c-3oc2c(I)c1O. The predicted octanol–water partition coefficient (Wildman–Crippen LogP) is 6.41. The highest BCUT2D eigenvalue weighted by molar-refractivity contribution is 14.1. The van der Waals surface area contributed by atoms with Gasteiger partial charge in [-0.05, 0) is 74.2 Å². The second kappa shape index (κ2) is 6.36. The fourth-order valence-electron chi connectivity index (χ4n) is 3.10. The molecule has 1 heterocycles. The molecule has 0 amide bonds. The summed E-state index contributed by atoms with van der Waals surface area (Å²) in [5.74, 6) is 0.828. The molecule has 3 rings (SSSR count). The lowest BCUT2D eigenvalue weighted by molar-refractivity contribution is 0.442. The summed E-state index contributed by atoms with van der Waals surface area (Å²) >= 11 is 4.19. The maximum absolute atomic E-state index is 12.8. The minimum absolute atomic E-state index is 0.0132. The van der Waals surface area contributed by atoms with Crippen molar-refractivity contribution in [1.82, 2.24) is 0 Å². The standard InChI is InChI=1S/C21H22I2O3/c1-20(2,3)12-8-10-7-11-9-13(21(4,5)6)17(25)15(23)19(11)26-18(10)14(22)16(12)24/h7-9,24H,1-6H3. The Labute approximate surface area is 180 Å². The van der Waals surface area contributed by atoms with Crippen LogP contribution in [-0.4, -0.2) is 5.11 Å². The topological polar surface area (TPSA) is 50.4 Å². The largest absolute Gasteiger partial charge is 0.506 e. The lowest BCUT2D eigenvalue weighted by atomic mass is 9.84. The Morgan fingerprint density at radius 3 is 2.00 bits per heavy atom. The molecule has 0 unspecified atom stereocenters. The molecule has 0 aromatic heterocycles. The first-order valence-corrected chi connectivity index (χ1v) is 10.6. The third-order valence-corrected chi connectivity index (χ3v) is 6.54. The van der Waals surface area contributed by atoms with Gasteiger partial charge in [-0.2, -0.15) is 0 Å². The Hall–Kier alpha value is -0.830. The number of rotatable bonds is 0. The van der Waals surface area contributed by atoms with E-state index in [0.717, 1.165) is 22.1 Å². The van der Waals surface area contributed by atoms with Gasteiger partial charge in [0.25, 0.3) is 0 Å². The van der Waals surface area contributed by atoms with Crippen molar-refractivity contribution in [2.24, 2.45) is 0 Å². The molecule has 1 aliphatic carbocycles. The number of phenols is 1. The van der Waals surface area contributed by atoms with E-state index in [1.54, 1.807) is 0 Å². The van der Waals surface area contributed by atoms with Crippen molar-refractivity contribution in [3.63, 3.8) is 0 Å². The van der Waals surface area contributed by atoms with Gasteiger partial charge in [0, 0.05) is 22.1 Å². The van der Waals surface area contributed by atoms with E-state index in [9.17, 15) is 9.90 Å². The highest BCUT2D eigenvalue weighted by Crippen LogP contribution is 2.42. The molecule has 5 heteroatoms. The Kier molecular flexibility index (Phi) is 4.87. The third-order valence-electron chi connectivity index (χ3n) is 4.56. The average Bonchev–Trinajstić information content (AvgIpc) is 2.51. The van der Waals surface area contributed by atoms with E-state index in [1.807, 2.05) is 32.9 Å². The Balaban J connectivity index is 2.47. The van der Waals surface area contributed by atoms with Crippen molar-refractivity contribution in [3.8, 4) is 17.1 Å². The van der Waals surface area contributed by atoms with Gasteiger partial charge in [-0.25, -0.2) is 0 Å². The van der Waals surface area contributed by atoms with E-state index >= 15 is 0 Å². The van der Waals surface area contributed by atoms with Crippen molar-refractivity contribution in [3.05, 3.63) is 46.7 Å². The van der Waals surface area contributed by atoms with Crippen molar-refractivity contribution < 1.29 is 9.52 Å². The molecule has 2 aliphatic rings. The molecule has 0 fully saturated rings. The second-order valence-corrected chi connectivity index (χ2v) is 10.9. The van der Waals surface area contributed by atoms with Gasteiger partial charge in [0.1, 0.15) is 9.32 Å². The van der Waals surface area contributed by atoms with Gasteiger partial charge < -0.3 is 9.52 Å². The van der Waals surface area contributed by atoms with Crippen LogP contribution >= 0.6 is 45.2 Å². The molecule has 1 N–H and O–H groups in total. The van der Waals surface area contributed by atoms with Crippen molar-refractivity contribution >= 4 is 56.2 Å². The summed E-state index contributed by atoms with van der Waals surface area (Å²) in [4.78, 5) is 12.8. The number of benzene rings is 2. The molecule has 138 valence electrons. The molecular formula is C21H22I2O3. The first-order valence-electron chi connectivity index (χ1n) is 8.45. The lowest BCUT2D eigenvalue weighted by Crippen LogP contribution is -2.25. The molecule has 0 saturated carbocycles. The predicted molar refractivity (Wildman–Crippen MR) is 124 cm³/mol. The van der Waals surface area contributed by atoms with Crippen LogP contribution in [-0.2, 0) is 10.8 Å². The van der Waals surface area contributed by atoms with E-state index in [1.165, 1.54) is 0 Å². The van der Waals surface area contributed by atoms with Crippen LogP contribution < -0.4 is 5.43 Å². The first-order chi connectivity index (χ1) is 11.8. The summed E-state index contributed by atoms with van der Waals surface area (Å²) in [6.45, 7) is 12.4. The number of hydrogen-bond acceptors (Lipinski definition) is 3. The maximum Gasteiger partial charge on any atom is 0.199 e. The van der Waals surface area contributed by atoms with Crippen molar-refractivity contribution in [2.45, 2.75) is 52.4 Å². The van der Waals surface area contributed by atoms with Crippen LogP contribution in [0.4, 0.5) is 0 Å². The quantitative estimate of drug-likeness (QED) is 0.249. The molecule has 0 bridgehead atoms. The number of hydrogen-bond donors (Lipinski definition) is 1. The fraction of sp³-hybridized carbons (Fsp3) is 0.381. The van der Waals surface area contributed by atoms with Crippen LogP contribution in [0.2, 0.25) is 0 Å². The van der Waals surface area contributed by atoms with Gasteiger partial charge in [0.05, 0.1) is 3.57 Å². The monoisotopic (exact) mass is 576 g/mol. The normalized spacial score (nSPS) is 12.9. The van der Waals surface area contributed by atoms with Crippen molar-refractivity contribution in [1.29, 1.82) is 0 Å². The highest BCUT2D eigenvalue weighted by Gasteiger charge is 2.27. The molecule has 26 heavy (non-hydrogen) atoms. The molecule has 0 saturated heterocycles. The fourth-order valence-corrected chi connectivity index (χ4v) is 4.52. The summed E-state index contributed by atoms with van der Waals surface area (Å²) in [6, 6.07) is 5.99.